The normalized spacial score (nSPS) is 11.3. The molecule has 0 saturated carbocycles. The average Bonchev–Trinajstić information content (AvgIpc) is 4.06. The molecule has 13 nitrogen and oxygen atoms in total. The largest absolute Gasteiger partial charge is 0.539 e. The van der Waals surface area contributed by atoms with Crippen LogP contribution >= 0.6 is 7.82 Å². The number of aromatic nitrogens is 3. The van der Waals surface area contributed by atoms with Crippen LogP contribution in [0.4, 0.5) is 17.5 Å². The Balaban J connectivity index is 1.08. The van der Waals surface area contributed by atoms with Crippen molar-refractivity contribution in [1.82, 2.24) is 15.5 Å². The van der Waals surface area contributed by atoms with E-state index in [1.54, 1.807) is 0 Å². The molecule has 0 fully saturated rings. The van der Waals surface area contributed by atoms with Crippen LogP contribution in [0.25, 0.3) is 67.4 Å². The number of rotatable bonds is 15. The van der Waals surface area contributed by atoms with Crippen LogP contribution < -0.4 is 16.4 Å². The topological polar surface area (TPSA) is 159 Å². The summed E-state index contributed by atoms with van der Waals surface area (Å²) in [6, 6.07) is 56.6. The molecule has 6 aromatic carbocycles. The summed E-state index contributed by atoms with van der Waals surface area (Å²) in [4.78, 5) is 0. The maximum absolute atomic E-state index is 14.9. The molecule has 3 aromatic heterocycles. The van der Waals surface area contributed by atoms with E-state index in [0.29, 0.717) is 34.0 Å². The zero-order valence-electron chi connectivity index (χ0n) is 31.0. The Kier molecular flexibility index (Phi) is 10.6. The quantitative estimate of drug-likeness (QED) is 0.0664. The fourth-order valence-electron chi connectivity index (χ4n) is 6.41. The van der Waals surface area contributed by atoms with Crippen molar-refractivity contribution in [3.8, 4) is 67.4 Å². The smallest absolute Gasteiger partial charge is 0.353 e. The highest BCUT2D eigenvalue weighted by Gasteiger charge is 2.35. The molecule has 3 N–H and O–H groups in total. The van der Waals surface area contributed by atoms with E-state index in [1.165, 1.54) is 0 Å². The van der Waals surface area contributed by atoms with Gasteiger partial charge < -0.3 is 13.6 Å². The van der Waals surface area contributed by atoms with Crippen molar-refractivity contribution in [2.45, 2.75) is 0 Å². The number of benzene rings is 6. The lowest BCUT2D eigenvalue weighted by Gasteiger charge is -2.18. The molecule has 0 saturated heterocycles. The Labute approximate surface area is 337 Å². The van der Waals surface area contributed by atoms with E-state index in [4.69, 9.17) is 27.4 Å². The monoisotopic (exact) mass is 800 g/mol. The lowest BCUT2D eigenvalue weighted by atomic mass is 10.0. The molecule has 290 valence electrons. The Morgan fingerprint density at radius 3 is 0.797 bits per heavy atom. The standard InChI is InChI=1S/C45H33N6O7P/c52-59(56-49-43-37(31-19-7-1-8-20-31)40(53-46-43)34-25-13-4-14-26-34,57-50-44-38(32-21-9-2-10-22-32)41(54-47-44)35-27-15-5-16-28-35)58-51-45-39(33-23-11-3-12-24-33)42(55-48-45)36-29-17-6-18-30-36/h1-30H,(H,46,49)(H,47,50)(H,48,51). The van der Waals surface area contributed by atoms with Crippen LogP contribution in [0.1, 0.15) is 0 Å². The van der Waals surface area contributed by atoms with Crippen LogP contribution in [-0.4, -0.2) is 15.5 Å². The van der Waals surface area contributed by atoms with Gasteiger partial charge in [0.2, 0.25) is 17.5 Å². The highest BCUT2D eigenvalue weighted by Crippen LogP contribution is 2.52. The molecule has 3 heterocycles. The summed E-state index contributed by atoms with van der Waals surface area (Å²) in [6.45, 7) is 0. The van der Waals surface area contributed by atoms with Crippen molar-refractivity contribution in [3.05, 3.63) is 182 Å². The fraction of sp³-hybridized carbons (Fsp3) is 0. The predicted molar refractivity (Wildman–Crippen MR) is 224 cm³/mol. The highest BCUT2D eigenvalue weighted by molar-refractivity contribution is 7.48. The molecule has 0 aliphatic heterocycles. The summed E-state index contributed by atoms with van der Waals surface area (Å²) in [5.74, 6) is 1.63. The lowest BCUT2D eigenvalue weighted by molar-refractivity contribution is 0.171. The van der Waals surface area contributed by atoms with Crippen LogP contribution in [0.3, 0.4) is 0 Å². The third-order valence-electron chi connectivity index (χ3n) is 9.13. The molecule has 0 aliphatic rings. The number of nitrogens with one attached hydrogen (secondary N) is 3. The van der Waals surface area contributed by atoms with Gasteiger partial charge in [0.1, 0.15) is 0 Å². The van der Waals surface area contributed by atoms with Gasteiger partial charge in [-0.05, 0) is 16.7 Å². The summed E-state index contributed by atoms with van der Waals surface area (Å²) >= 11 is 0. The molecule has 14 heteroatoms. The molecule has 9 rings (SSSR count). The molecular weight excluding hydrogens is 768 g/mol. The van der Waals surface area contributed by atoms with Gasteiger partial charge in [-0.25, -0.2) is 21.0 Å². The van der Waals surface area contributed by atoms with Gasteiger partial charge in [-0.3, -0.25) is 0 Å². The van der Waals surface area contributed by atoms with Crippen LogP contribution in [0.5, 0.6) is 0 Å². The SMILES string of the molecule is O=P(ONc1noc(-c2ccccc2)c1-c1ccccc1)(ONc1noc(-c2ccccc2)c1-c1ccccc1)ONc1noc(-c2ccccc2)c1-c1ccccc1. The predicted octanol–water partition coefficient (Wildman–Crippen LogP) is 12.2. The second kappa shape index (κ2) is 16.9. The van der Waals surface area contributed by atoms with Crippen molar-refractivity contribution in [2.24, 2.45) is 0 Å². The van der Waals surface area contributed by atoms with Crippen LogP contribution in [0, 0.1) is 0 Å². The van der Waals surface area contributed by atoms with E-state index >= 15 is 0 Å². The Hall–Kier alpha value is -7.54. The van der Waals surface area contributed by atoms with Gasteiger partial charge in [-0.2, -0.15) is 13.9 Å². The number of nitrogens with zero attached hydrogens (tertiary/aromatic N) is 3. The summed E-state index contributed by atoms with van der Waals surface area (Å²) < 4.78 is 49.9. The van der Waals surface area contributed by atoms with E-state index in [1.807, 2.05) is 182 Å². The third kappa shape index (κ3) is 8.03. The zero-order chi connectivity index (χ0) is 39.9. The Morgan fingerprint density at radius 2 is 0.559 bits per heavy atom. The first kappa shape index (κ1) is 37.1. The summed E-state index contributed by atoms with van der Waals surface area (Å²) in [5.41, 5.74) is 14.2. The van der Waals surface area contributed by atoms with Gasteiger partial charge in [-0.1, -0.05) is 197 Å². The number of anilines is 3. The second-order valence-electron chi connectivity index (χ2n) is 12.9. The van der Waals surface area contributed by atoms with Gasteiger partial charge in [0.05, 0.1) is 16.7 Å². The average molecular weight is 801 g/mol. The number of hydrogen-bond acceptors (Lipinski definition) is 13. The molecule has 0 unspecified atom stereocenters. The van der Waals surface area contributed by atoms with Crippen molar-refractivity contribution < 1.29 is 32.0 Å². The van der Waals surface area contributed by atoms with Gasteiger partial charge in [0.25, 0.3) is 0 Å². The van der Waals surface area contributed by atoms with Crippen molar-refractivity contribution in [1.29, 1.82) is 0 Å². The van der Waals surface area contributed by atoms with Crippen LogP contribution in [0.15, 0.2) is 196 Å². The molecule has 9 aromatic rings. The second-order valence-corrected chi connectivity index (χ2v) is 14.4. The van der Waals surface area contributed by atoms with Crippen molar-refractivity contribution >= 4 is 25.3 Å². The third-order valence-corrected chi connectivity index (χ3v) is 10.1. The molecule has 0 spiro atoms. The van der Waals surface area contributed by atoms with E-state index in [9.17, 15) is 4.57 Å². The highest BCUT2D eigenvalue weighted by atomic mass is 31.2. The van der Waals surface area contributed by atoms with Gasteiger partial charge in [0, 0.05) is 16.7 Å². The van der Waals surface area contributed by atoms with Gasteiger partial charge in [-0.15, -0.1) is 0 Å². The number of phosphoric acid groups is 1. The van der Waals surface area contributed by atoms with Crippen LogP contribution in [0.2, 0.25) is 0 Å². The van der Waals surface area contributed by atoms with E-state index < -0.39 is 7.82 Å². The summed E-state index contributed by atoms with van der Waals surface area (Å²) in [6.07, 6.45) is 0. The first-order valence-corrected chi connectivity index (χ1v) is 19.8. The summed E-state index contributed by atoms with van der Waals surface area (Å²) in [5, 5.41) is 12.8. The van der Waals surface area contributed by atoms with Crippen LogP contribution in [-0.2, 0) is 18.4 Å². The molecule has 0 aliphatic carbocycles. The minimum absolute atomic E-state index is 0.0954. The van der Waals surface area contributed by atoms with Crippen molar-refractivity contribution in [2.75, 3.05) is 16.4 Å². The molecule has 0 amide bonds. The maximum atomic E-state index is 14.9. The van der Waals surface area contributed by atoms with Gasteiger partial charge in [0.15, 0.2) is 17.3 Å². The molecule has 59 heavy (non-hydrogen) atoms. The molecule has 0 radical (unpaired) electrons. The Bertz CT molecular complexity index is 2500. The summed E-state index contributed by atoms with van der Waals surface area (Å²) in [7, 11) is -4.82. The van der Waals surface area contributed by atoms with Gasteiger partial charge >= 0.3 is 7.82 Å². The number of hydrogen-bond donors (Lipinski definition) is 3. The van der Waals surface area contributed by atoms with E-state index in [-0.39, 0.29) is 17.5 Å². The van der Waals surface area contributed by atoms with E-state index in [2.05, 4.69) is 31.9 Å². The zero-order valence-corrected chi connectivity index (χ0v) is 31.9. The minimum atomic E-state index is -4.82. The van der Waals surface area contributed by atoms with Crippen molar-refractivity contribution in [3.63, 3.8) is 0 Å². The molecule has 0 bridgehead atoms. The molecule has 0 atom stereocenters. The fourth-order valence-corrected chi connectivity index (χ4v) is 7.12. The molecular formula is C45H33N6O7P. The maximum Gasteiger partial charge on any atom is 0.539 e. The first-order chi connectivity index (χ1) is 29.1. The van der Waals surface area contributed by atoms with E-state index in [0.717, 1.165) is 33.4 Å². The minimum Gasteiger partial charge on any atom is -0.353 e. The first-order valence-electron chi connectivity index (χ1n) is 18.4. The Morgan fingerprint density at radius 1 is 0.339 bits per heavy atom. The lowest BCUT2D eigenvalue weighted by Crippen LogP contribution is -2.13.